The van der Waals surface area contributed by atoms with E-state index in [4.69, 9.17) is 4.98 Å². The number of aromatic nitrogens is 1. The van der Waals surface area contributed by atoms with Crippen LogP contribution in [-0.2, 0) is 18.3 Å². The summed E-state index contributed by atoms with van der Waals surface area (Å²) in [6.07, 6.45) is 2.06. The minimum Gasteiger partial charge on any atom is -0.257 e. The van der Waals surface area contributed by atoms with Crippen LogP contribution in [0.15, 0.2) is 48.5 Å². The van der Waals surface area contributed by atoms with Crippen LogP contribution in [0.4, 0.5) is 0 Å². The summed E-state index contributed by atoms with van der Waals surface area (Å²) in [5.41, 5.74) is 3.86. The van der Waals surface area contributed by atoms with E-state index in [-0.39, 0.29) is 5.41 Å². The smallest absolute Gasteiger partial charge is 0.0460 e. The van der Waals surface area contributed by atoms with Crippen molar-refractivity contribution in [2.24, 2.45) is 0 Å². The maximum Gasteiger partial charge on any atom is 0.0460 e. The maximum atomic E-state index is 4.76. The average Bonchev–Trinajstić information content (AvgIpc) is 2.37. The standard InChI is InChI=1S/C17H21N/c1-17(2,3)16-11-7-10-15(18-16)13-12-14-8-5-4-6-9-14/h4-11H,12-13H2,1-3H3. The zero-order chi connectivity index (χ0) is 13.0. The van der Waals surface area contributed by atoms with Crippen LogP contribution in [0.5, 0.6) is 0 Å². The topological polar surface area (TPSA) is 12.9 Å². The second kappa shape index (κ2) is 5.34. The van der Waals surface area contributed by atoms with Gasteiger partial charge in [-0.25, -0.2) is 0 Å². The molecule has 0 aliphatic carbocycles. The lowest BCUT2D eigenvalue weighted by Crippen LogP contribution is -2.14. The molecule has 0 amide bonds. The molecule has 94 valence electrons. The van der Waals surface area contributed by atoms with Crippen LogP contribution < -0.4 is 0 Å². The third-order valence-corrected chi connectivity index (χ3v) is 3.09. The van der Waals surface area contributed by atoms with Crippen LogP contribution in [0.1, 0.15) is 37.7 Å². The monoisotopic (exact) mass is 239 g/mol. The maximum absolute atomic E-state index is 4.76. The fourth-order valence-electron chi connectivity index (χ4n) is 1.95. The molecule has 2 aromatic rings. The van der Waals surface area contributed by atoms with Crippen molar-refractivity contribution < 1.29 is 0 Å². The van der Waals surface area contributed by atoms with E-state index in [0.29, 0.717) is 0 Å². The van der Waals surface area contributed by atoms with Crippen molar-refractivity contribution in [1.82, 2.24) is 4.98 Å². The van der Waals surface area contributed by atoms with Gasteiger partial charge < -0.3 is 0 Å². The van der Waals surface area contributed by atoms with Gasteiger partial charge in [0.25, 0.3) is 0 Å². The van der Waals surface area contributed by atoms with Gasteiger partial charge in [0.2, 0.25) is 0 Å². The number of pyridine rings is 1. The zero-order valence-electron chi connectivity index (χ0n) is 11.5. The first-order valence-electron chi connectivity index (χ1n) is 6.56. The van der Waals surface area contributed by atoms with Crippen LogP contribution in [-0.4, -0.2) is 4.98 Å². The molecule has 0 spiro atoms. The molecule has 0 saturated carbocycles. The Morgan fingerprint density at radius 1 is 0.833 bits per heavy atom. The second-order valence-corrected chi connectivity index (χ2v) is 5.75. The molecule has 0 atom stereocenters. The Balaban J connectivity index is 2.06. The molecule has 1 aromatic carbocycles. The van der Waals surface area contributed by atoms with Gasteiger partial charge in [-0.3, -0.25) is 4.98 Å². The summed E-state index contributed by atoms with van der Waals surface area (Å²) in [6, 6.07) is 16.9. The fraction of sp³-hybridized carbons (Fsp3) is 0.353. The van der Waals surface area contributed by atoms with Crippen molar-refractivity contribution in [1.29, 1.82) is 0 Å². The van der Waals surface area contributed by atoms with Gasteiger partial charge in [0.15, 0.2) is 0 Å². The Hall–Kier alpha value is -1.63. The molecule has 0 aliphatic heterocycles. The number of nitrogens with zero attached hydrogens (tertiary/aromatic N) is 1. The highest BCUT2D eigenvalue weighted by Crippen LogP contribution is 2.20. The van der Waals surface area contributed by atoms with Crippen molar-refractivity contribution in [3.05, 3.63) is 65.5 Å². The first-order chi connectivity index (χ1) is 8.55. The molecule has 0 bridgehead atoms. The zero-order valence-corrected chi connectivity index (χ0v) is 11.5. The lowest BCUT2D eigenvalue weighted by molar-refractivity contribution is 0.565. The molecule has 1 aromatic heterocycles. The Bertz CT molecular complexity index is 495. The van der Waals surface area contributed by atoms with E-state index in [0.717, 1.165) is 12.8 Å². The van der Waals surface area contributed by atoms with Crippen LogP contribution >= 0.6 is 0 Å². The third-order valence-electron chi connectivity index (χ3n) is 3.09. The van der Waals surface area contributed by atoms with Gasteiger partial charge in [0.05, 0.1) is 0 Å². The predicted octanol–water partition coefficient (Wildman–Crippen LogP) is 4.16. The number of hydrogen-bond acceptors (Lipinski definition) is 1. The van der Waals surface area contributed by atoms with E-state index in [1.54, 1.807) is 0 Å². The minimum absolute atomic E-state index is 0.128. The van der Waals surface area contributed by atoms with E-state index in [1.807, 2.05) is 0 Å². The van der Waals surface area contributed by atoms with Gasteiger partial charge in [0, 0.05) is 16.8 Å². The molecule has 18 heavy (non-hydrogen) atoms. The van der Waals surface area contributed by atoms with Gasteiger partial charge in [-0.2, -0.15) is 0 Å². The molecule has 1 heteroatoms. The first-order valence-corrected chi connectivity index (χ1v) is 6.56. The Morgan fingerprint density at radius 3 is 2.22 bits per heavy atom. The largest absolute Gasteiger partial charge is 0.257 e. The average molecular weight is 239 g/mol. The summed E-state index contributed by atoms with van der Waals surface area (Å²) in [6.45, 7) is 6.61. The molecule has 1 heterocycles. The molecule has 0 fully saturated rings. The summed E-state index contributed by atoms with van der Waals surface area (Å²) in [7, 11) is 0. The first kappa shape index (κ1) is 12.8. The van der Waals surface area contributed by atoms with Crippen molar-refractivity contribution >= 4 is 0 Å². The molecule has 1 nitrogen and oxygen atoms in total. The van der Waals surface area contributed by atoms with Crippen LogP contribution in [0.2, 0.25) is 0 Å². The summed E-state index contributed by atoms with van der Waals surface area (Å²) in [4.78, 5) is 4.76. The van der Waals surface area contributed by atoms with Gasteiger partial charge in [-0.15, -0.1) is 0 Å². The number of rotatable bonds is 3. The van der Waals surface area contributed by atoms with E-state index < -0.39 is 0 Å². The highest BCUT2D eigenvalue weighted by Gasteiger charge is 2.15. The number of hydrogen-bond donors (Lipinski definition) is 0. The Kier molecular flexibility index (Phi) is 3.81. The molecular formula is C17H21N. The van der Waals surface area contributed by atoms with Crippen molar-refractivity contribution in [2.75, 3.05) is 0 Å². The van der Waals surface area contributed by atoms with E-state index >= 15 is 0 Å². The normalized spacial score (nSPS) is 11.5. The van der Waals surface area contributed by atoms with Gasteiger partial charge in [-0.05, 0) is 30.5 Å². The fourth-order valence-corrected chi connectivity index (χ4v) is 1.95. The summed E-state index contributed by atoms with van der Waals surface area (Å²) >= 11 is 0. The number of aryl methyl sites for hydroxylation is 2. The molecule has 0 N–H and O–H groups in total. The Labute approximate surface area is 110 Å². The van der Waals surface area contributed by atoms with Crippen molar-refractivity contribution in [3.63, 3.8) is 0 Å². The molecule has 0 unspecified atom stereocenters. The molecule has 0 saturated heterocycles. The summed E-state index contributed by atoms with van der Waals surface area (Å²) in [5.74, 6) is 0. The van der Waals surface area contributed by atoms with Crippen molar-refractivity contribution in [3.8, 4) is 0 Å². The van der Waals surface area contributed by atoms with Gasteiger partial charge in [-0.1, -0.05) is 57.2 Å². The number of benzene rings is 1. The van der Waals surface area contributed by atoms with Gasteiger partial charge in [0.1, 0.15) is 0 Å². The lowest BCUT2D eigenvalue weighted by atomic mass is 9.91. The lowest BCUT2D eigenvalue weighted by Gasteiger charge is -2.18. The van der Waals surface area contributed by atoms with Crippen LogP contribution in [0.3, 0.4) is 0 Å². The minimum atomic E-state index is 0.128. The van der Waals surface area contributed by atoms with Crippen LogP contribution in [0, 0.1) is 0 Å². The van der Waals surface area contributed by atoms with E-state index in [2.05, 4.69) is 69.3 Å². The van der Waals surface area contributed by atoms with Crippen molar-refractivity contribution in [2.45, 2.75) is 39.0 Å². The second-order valence-electron chi connectivity index (χ2n) is 5.75. The molecule has 2 rings (SSSR count). The van der Waals surface area contributed by atoms with E-state index in [1.165, 1.54) is 17.0 Å². The predicted molar refractivity (Wildman–Crippen MR) is 76.8 cm³/mol. The van der Waals surface area contributed by atoms with Gasteiger partial charge >= 0.3 is 0 Å². The molecular weight excluding hydrogens is 218 g/mol. The third kappa shape index (κ3) is 3.43. The molecule has 0 radical (unpaired) electrons. The summed E-state index contributed by atoms with van der Waals surface area (Å²) in [5, 5.41) is 0. The Morgan fingerprint density at radius 2 is 1.56 bits per heavy atom. The summed E-state index contributed by atoms with van der Waals surface area (Å²) < 4.78 is 0. The van der Waals surface area contributed by atoms with Crippen LogP contribution in [0.25, 0.3) is 0 Å². The SMILES string of the molecule is CC(C)(C)c1cccc(CCc2ccccc2)n1. The van der Waals surface area contributed by atoms with E-state index in [9.17, 15) is 0 Å². The highest BCUT2D eigenvalue weighted by molar-refractivity contribution is 5.20. The highest BCUT2D eigenvalue weighted by atomic mass is 14.7. The molecule has 0 aliphatic rings. The quantitative estimate of drug-likeness (QED) is 0.783.